The number of H-pyrrole nitrogens is 1. The molecule has 2 rings (SSSR count). The number of fused-ring (bicyclic) bond motifs is 1. The standard InChI is InChI=1S/C9H12N4S/c1-9(2,3)13-5-12-7-6(8(13)14)10-4-11-7/h4-5H,1-3H3,(H,10,11). The third kappa shape index (κ3) is 1.33. The fourth-order valence-electron chi connectivity index (χ4n) is 1.31. The number of hydrogen-bond acceptors (Lipinski definition) is 3. The van der Waals surface area contributed by atoms with Gasteiger partial charge in [-0.25, -0.2) is 9.97 Å². The van der Waals surface area contributed by atoms with Crippen molar-refractivity contribution in [3.63, 3.8) is 0 Å². The molecule has 2 aromatic rings. The lowest BCUT2D eigenvalue weighted by Gasteiger charge is -2.22. The maximum Gasteiger partial charge on any atom is 0.181 e. The van der Waals surface area contributed by atoms with Crippen LogP contribution in [-0.2, 0) is 5.54 Å². The molecule has 0 amide bonds. The SMILES string of the molecule is CC(C)(C)n1cnc2nc[nH]c2c1=S. The molecule has 1 N–H and O–H groups in total. The van der Waals surface area contributed by atoms with E-state index < -0.39 is 0 Å². The summed E-state index contributed by atoms with van der Waals surface area (Å²) in [5.41, 5.74) is 1.46. The van der Waals surface area contributed by atoms with Crippen LogP contribution in [0.15, 0.2) is 12.7 Å². The lowest BCUT2D eigenvalue weighted by Crippen LogP contribution is -2.23. The third-order valence-electron chi connectivity index (χ3n) is 2.07. The summed E-state index contributed by atoms with van der Waals surface area (Å²) in [6.07, 6.45) is 3.35. The predicted molar refractivity (Wildman–Crippen MR) is 57.7 cm³/mol. The summed E-state index contributed by atoms with van der Waals surface area (Å²) >= 11 is 5.35. The van der Waals surface area contributed by atoms with Gasteiger partial charge in [-0.3, -0.25) is 0 Å². The second-order valence-corrected chi connectivity index (χ2v) is 4.58. The van der Waals surface area contributed by atoms with Gasteiger partial charge in [0.15, 0.2) is 5.65 Å². The van der Waals surface area contributed by atoms with Gasteiger partial charge in [0.2, 0.25) is 0 Å². The van der Waals surface area contributed by atoms with Crippen molar-refractivity contribution in [3.05, 3.63) is 17.3 Å². The van der Waals surface area contributed by atoms with Gasteiger partial charge in [0.25, 0.3) is 0 Å². The van der Waals surface area contributed by atoms with Gasteiger partial charge in [0, 0.05) is 5.54 Å². The highest BCUT2D eigenvalue weighted by Crippen LogP contribution is 2.17. The molecule has 4 nitrogen and oxygen atoms in total. The van der Waals surface area contributed by atoms with Gasteiger partial charge in [-0.15, -0.1) is 0 Å². The maximum atomic E-state index is 5.35. The van der Waals surface area contributed by atoms with Gasteiger partial charge < -0.3 is 9.55 Å². The molecule has 0 unspecified atom stereocenters. The first-order valence-electron chi connectivity index (χ1n) is 4.41. The Labute approximate surface area is 87.0 Å². The summed E-state index contributed by atoms with van der Waals surface area (Å²) < 4.78 is 2.71. The molecule has 0 aliphatic rings. The fraction of sp³-hybridized carbons (Fsp3) is 0.444. The highest BCUT2D eigenvalue weighted by molar-refractivity contribution is 7.71. The van der Waals surface area contributed by atoms with Gasteiger partial charge in [-0.05, 0) is 20.8 Å². The molecule has 0 saturated carbocycles. The van der Waals surface area contributed by atoms with Crippen molar-refractivity contribution in [2.24, 2.45) is 0 Å². The van der Waals surface area contributed by atoms with Crippen molar-refractivity contribution in [1.29, 1.82) is 0 Å². The van der Waals surface area contributed by atoms with Crippen LogP contribution in [0.4, 0.5) is 0 Å². The zero-order valence-corrected chi connectivity index (χ0v) is 9.22. The Morgan fingerprint density at radius 2 is 2.07 bits per heavy atom. The normalized spacial score (nSPS) is 12.2. The number of rotatable bonds is 0. The first kappa shape index (κ1) is 9.33. The minimum atomic E-state index is -0.0522. The van der Waals surface area contributed by atoms with Gasteiger partial charge in [-0.2, -0.15) is 0 Å². The van der Waals surface area contributed by atoms with Crippen LogP contribution in [0.3, 0.4) is 0 Å². The first-order chi connectivity index (χ1) is 6.50. The lowest BCUT2D eigenvalue weighted by molar-refractivity contribution is 0.387. The quantitative estimate of drug-likeness (QED) is 0.675. The monoisotopic (exact) mass is 208 g/mol. The summed E-state index contributed by atoms with van der Waals surface area (Å²) in [5, 5.41) is 0. The topological polar surface area (TPSA) is 46.5 Å². The Morgan fingerprint density at radius 1 is 1.36 bits per heavy atom. The van der Waals surface area contributed by atoms with Crippen molar-refractivity contribution in [2.45, 2.75) is 26.3 Å². The van der Waals surface area contributed by atoms with Crippen LogP contribution in [0.1, 0.15) is 20.8 Å². The number of aromatic nitrogens is 4. The van der Waals surface area contributed by atoms with E-state index in [-0.39, 0.29) is 5.54 Å². The molecule has 5 heteroatoms. The largest absolute Gasteiger partial charge is 0.341 e. The van der Waals surface area contributed by atoms with E-state index in [1.807, 2.05) is 4.57 Å². The van der Waals surface area contributed by atoms with Crippen LogP contribution in [-0.4, -0.2) is 19.5 Å². The average molecular weight is 208 g/mol. The number of nitrogens with one attached hydrogen (secondary N) is 1. The van der Waals surface area contributed by atoms with Crippen LogP contribution in [0.2, 0.25) is 0 Å². The smallest absolute Gasteiger partial charge is 0.181 e. The number of nitrogens with zero attached hydrogens (tertiary/aromatic N) is 3. The van der Waals surface area contributed by atoms with E-state index in [1.165, 1.54) is 0 Å². The van der Waals surface area contributed by atoms with Crippen molar-refractivity contribution in [3.8, 4) is 0 Å². The molecule has 14 heavy (non-hydrogen) atoms. The van der Waals surface area contributed by atoms with E-state index in [9.17, 15) is 0 Å². The van der Waals surface area contributed by atoms with Crippen LogP contribution in [0.5, 0.6) is 0 Å². The molecule has 0 aromatic carbocycles. The Morgan fingerprint density at radius 3 is 2.71 bits per heavy atom. The number of aromatic amines is 1. The molecule has 2 aromatic heterocycles. The molecule has 0 atom stereocenters. The van der Waals surface area contributed by atoms with Crippen LogP contribution in [0.25, 0.3) is 11.2 Å². The summed E-state index contributed by atoms with van der Waals surface area (Å²) in [6.45, 7) is 6.27. The molecule has 0 aliphatic heterocycles. The van der Waals surface area contributed by atoms with Crippen molar-refractivity contribution < 1.29 is 0 Å². The van der Waals surface area contributed by atoms with E-state index in [0.717, 1.165) is 10.2 Å². The summed E-state index contributed by atoms with van der Waals surface area (Å²) in [4.78, 5) is 11.3. The Kier molecular flexibility index (Phi) is 1.92. The van der Waals surface area contributed by atoms with Crippen LogP contribution >= 0.6 is 12.2 Å². The molecule has 0 aliphatic carbocycles. The van der Waals surface area contributed by atoms with Gasteiger partial charge in [-0.1, -0.05) is 12.2 Å². The lowest BCUT2D eigenvalue weighted by atomic mass is 10.1. The minimum absolute atomic E-state index is 0.0522. The van der Waals surface area contributed by atoms with Crippen molar-refractivity contribution >= 4 is 23.4 Å². The van der Waals surface area contributed by atoms with E-state index in [1.54, 1.807) is 12.7 Å². The molecule has 2 heterocycles. The van der Waals surface area contributed by atoms with E-state index in [0.29, 0.717) is 5.65 Å². The Balaban J connectivity index is 2.81. The van der Waals surface area contributed by atoms with Gasteiger partial charge in [0.05, 0.1) is 12.7 Å². The number of hydrogen-bond donors (Lipinski definition) is 1. The molecular formula is C9H12N4S. The van der Waals surface area contributed by atoms with Crippen LogP contribution < -0.4 is 0 Å². The second kappa shape index (κ2) is 2.88. The van der Waals surface area contributed by atoms with Gasteiger partial charge in [0.1, 0.15) is 10.2 Å². The van der Waals surface area contributed by atoms with E-state index in [2.05, 4.69) is 35.7 Å². The zero-order chi connectivity index (χ0) is 10.3. The van der Waals surface area contributed by atoms with Gasteiger partial charge >= 0.3 is 0 Å². The third-order valence-corrected chi connectivity index (χ3v) is 2.47. The van der Waals surface area contributed by atoms with E-state index >= 15 is 0 Å². The van der Waals surface area contributed by atoms with Crippen molar-refractivity contribution in [2.75, 3.05) is 0 Å². The zero-order valence-electron chi connectivity index (χ0n) is 8.40. The molecule has 0 radical (unpaired) electrons. The predicted octanol–water partition coefficient (Wildman–Crippen LogP) is 2.24. The van der Waals surface area contributed by atoms with Crippen LogP contribution in [0, 0.1) is 4.64 Å². The molecule has 74 valence electrons. The first-order valence-corrected chi connectivity index (χ1v) is 4.82. The molecule has 0 bridgehead atoms. The Bertz CT molecular complexity index is 517. The summed E-state index contributed by atoms with van der Waals surface area (Å²) in [7, 11) is 0. The second-order valence-electron chi connectivity index (χ2n) is 4.19. The molecule has 0 fully saturated rings. The highest BCUT2D eigenvalue weighted by atomic mass is 32.1. The fourth-order valence-corrected chi connectivity index (χ4v) is 1.78. The summed E-state index contributed by atoms with van der Waals surface area (Å²) in [6, 6.07) is 0. The molecular weight excluding hydrogens is 196 g/mol. The van der Waals surface area contributed by atoms with Crippen molar-refractivity contribution in [1.82, 2.24) is 19.5 Å². The average Bonchev–Trinajstić information content (AvgIpc) is 2.50. The van der Waals surface area contributed by atoms with E-state index in [4.69, 9.17) is 12.2 Å². The maximum absolute atomic E-state index is 5.35. The Hall–Kier alpha value is -1.23. The highest BCUT2D eigenvalue weighted by Gasteiger charge is 2.14. The number of imidazole rings is 1. The molecule has 0 spiro atoms. The summed E-state index contributed by atoms with van der Waals surface area (Å²) in [5.74, 6) is 0. The minimum Gasteiger partial charge on any atom is -0.341 e. The molecule has 0 saturated heterocycles.